The van der Waals surface area contributed by atoms with Gasteiger partial charge in [0.2, 0.25) is 5.16 Å². The SMILES string of the molecule is Brc1ccc(-n2c(Sc3nc(Br)c(Br)s3)nnc2-c2cccs2)cc1. The first kappa shape index (κ1) is 17.9. The van der Waals surface area contributed by atoms with Crippen LogP contribution in [-0.4, -0.2) is 19.7 Å². The monoisotopic (exact) mass is 576 g/mol. The molecule has 0 atom stereocenters. The fourth-order valence-corrected chi connectivity index (χ4v) is 6.32. The Hall–Kier alpha value is -0.520. The third-order valence-corrected chi connectivity index (χ3v) is 8.64. The van der Waals surface area contributed by atoms with Gasteiger partial charge in [0.1, 0.15) is 8.39 Å². The average molecular weight is 579 g/mol. The molecule has 0 N–H and O–H groups in total. The molecule has 4 rings (SSSR count). The second-order valence-electron chi connectivity index (χ2n) is 4.74. The first-order valence-corrected chi connectivity index (χ1v) is 11.8. The minimum Gasteiger partial charge on any atom is -0.269 e. The molecule has 0 amide bonds. The van der Waals surface area contributed by atoms with Crippen LogP contribution in [0.25, 0.3) is 16.4 Å². The van der Waals surface area contributed by atoms with Gasteiger partial charge in [0.25, 0.3) is 0 Å². The second-order valence-corrected chi connectivity index (χ2v) is 10.9. The molecular weight excluding hydrogens is 572 g/mol. The van der Waals surface area contributed by atoms with Crippen molar-refractivity contribution >= 4 is 82.2 Å². The number of benzene rings is 1. The number of halogens is 3. The topological polar surface area (TPSA) is 43.6 Å². The number of rotatable bonds is 4. The number of aromatic nitrogens is 4. The molecule has 3 aromatic heterocycles. The maximum atomic E-state index is 4.49. The van der Waals surface area contributed by atoms with Crippen LogP contribution in [0.3, 0.4) is 0 Å². The van der Waals surface area contributed by atoms with Crippen molar-refractivity contribution in [1.29, 1.82) is 0 Å². The molecule has 0 bridgehead atoms. The highest BCUT2D eigenvalue weighted by Crippen LogP contribution is 2.39. The van der Waals surface area contributed by atoms with E-state index in [0.717, 1.165) is 38.7 Å². The van der Waals surface area contributed by atoms with E-state index >= 15 is 0 Å². The van der Waals surface area contributed by atoms with Crippen LogP contribution in [-0.2, 0) is 0 Å². The number of nitrogens with zero attached hydrogens (tertiary/aromatic N) is 4. The van der Waals surface area contributed by atoms with Gasteiger partial charge in [0.15, 0.2) is 10.2 Å². The zero-order valence-electron chi connectivity index (χ0n) is 12.2. The Kier molecular flexibility index (Phi) is 5.44. The van der Waals surface area contributed by atoms with Crippen LogP contribution in [0.5, 0.6) is 0 Å². The minimum absolute atomic E-state index is 0.777. The Balaban J connectivity index is 1.82. The Morgan fingerprint density at radius 3 is 2.44 bits per heavy atom. The van der Waals surface area contributed by atoms with Crippen molar-refractivity contribution in [3.63, 3.8) is 0 Å². The minimum atomic E-state index is 0.777. The van der Waals surface area contributed by atoms with Crippen molar-refractivity contribution < 1.29 is 0 Å². The van der Waals surface area contributed by atoms with Gasteiger partial charge in [-0.05, 0) is 79.3 Å². The molecule has 1 aromatic carbocycles. The summed E-state index contributed by atoms with van der Waals surface area (Å²) in [5, 5.41) is 11.7. The standard InChI is InChI=1S/C15H7Br3N4S3/c16-8-3-5-9(6-4-8)22-13(10-2-1-7-23-10)20-21-14(22)25-15-19-11(17)12(18)24-15/h1-7H. The predicted molar refractivity (Wildman–Crippen MR) is 114 cm³/mol. The van der Waals surface area contributed by atoms with Crippen LogP contribution in [0.2, 0.25) is 0 Å². The van der Waals surface area contributed by atoms with E-state index in [1.165, 1.54) is 11.8 Å². The lowest BCUT2D eigenvalue weighted by Crippen LogP contribution is -1.98. The van der Waals surface area contributed by atoms with Gasteiger partial charge in [0.05, 0.1) is 4.88 Å². The normalized spacial score (nSPS) is 11.2. The quantitative estimate of drug-likeness (QED) is 0.264. The largest absolute Gasteiger partial charge is 0.269 e. The van der Waals surface area contributed by atoms with Crippen LogP contribution in [0.1, 0.15) is 0 Å². The summed E-state index contributed by atoms with van der Waals surface area (Å²) in [6.45, 7) is 0. The van der Waals surface area contributed by atoms with E-state index < -0.39 is 0 Å². The van der Waals surface area contributed by atoms with Gasteiger partial charge in [-0.2, -0.15) is 0 Å². The average Bonchev–Trinajstić information content (AvgIpc) is 3.30. The van der Waals surface area contributed by atoms with Gasteiger partial charge in [-0.25, -0.2) is 4.98 Å². The molecule has 0 radical (unpaired) electrons. The molecule has 0 saturated carbocycles. The fourth-order valence-electron chi connectivity index (χ4n) is 2.11. The Morgan fingerprint density at radius 2 is 1.80 bits per heavy atom. The maximum absolute atomic E-state index is 4.49. The molecule has 126 valence electrons. The van der Waals surface area contributed by atoms with Gasteiger partial charge in [-0.1, -0.05) is 33.3 Å². The maximum Gasteiger partial charge on any atom is 0.203 e. The Bertz CT molecular complexity index is 990. The van der Waals surface area contributed by atoms with E-state index in [4.69, 9.17) is 0 Å². The highest BCUT2D eigenvalue weighted by Gasteiger charge is 2.19. The van der Waals surface area contributed by atoms with Crippen molar-refractivity contribution in [3.8, 4) is 16.4 Å². The summed E-state index contributed by atoms with van der Waals surface area (Å²) in [7, 11) is 0. The zero-order chi connectivity index (χ0) is 17.4. The van der Waals surface area contributed by atoms with Crippen molar-refractivity contribution in [2.75, 3.05) is 0 Å². The molecule has 0 unspecified atom stereocenters. The van der Waals surface area contributed by atoms with Crippen LogP contribution in [0.4, 0.5) is 0 Å². The summed E-state index contributed by atoms with van der Waals surface area (Å²) in [5.74, 6) is 0.828. The molecular formula is C15H7Br3N4S3. The van der Waals surface area contributed by atoms with Crippen molar-refractivity contribution in [3.05, 3.63) is 54.6 Å². The van der Waals surface area contributed by atoms with E-state index in [0.29, 0.717) is 0 Å². The Labute approximate surface area is 181 Å². The molecule has 0 spiro atoms. The molecule has 0 saturated heterocycles. The molecule has 10 heteroatoms. The van der Waals surface area contributed by atoms with Crippen molar-refractivity contribution in [2.45, 2.75) is 9.50 Å². The lowest BCUT2D eigenvalue weighted by molar-refractivity contribution is 0.885. The van der Waals surface area contributed by atoms with E-state index in [1.54, 1.807) is 22.7 Å². The molecule has 4 nitrogen and oxygen atoms in total. The lowest BCUT2D eigenvalue weighted by Gasteiger charge is -2.08. The molecule has 0 fully saturated rings. The number of hydrogen-bond acceptors (Lipinski definition) is 6. The third kappa shape index (κ3) is 3.79. The summed E-state index contributed by atoms with van der Waals surface area (Å²) in [4.78, 5) is 5.56. The summed E-state index contributed by atoms with van der Waals surface area (Å²) in [6, 6.07) is 12.2. The second kappa shape index (κ2) is 7.61. The molecule has 0 aliphatic heterocycles. The van der Waals surface area contributed by atoms with Crippen LogP contribution < -0.4 is 0 Å². The predicted octanol–water partition coefficient (Wildman–Crippen LogP) is 6.89. The summed E-state index contributed by atoms with van der Waals surface area (Å²) in [5.41, 5.74) is 1.01. The number of thiazole rings is 1. The molecule has 4 aromatic rings. The number of hydrogen-bond donors (Lipinski definition) is 0. The van der Waals surface area contributed by atoms with Crippen molar-refractivity contribution in [2.24, 2.45) is 0 Å². The van der Waals surface area contributed by atoms with E-state index in [2.05, 4.69) is 73.6 Å². The lowest BCUT2D eigenvalue weighted by atomic mass is 10.3. The van der Waals surface area contributed by atoms with Crippen molar-refractivity contribution in [1.82, 2.24) is 19.7 Å². The summed E-state index contributed by atoms with van der Waals surface area (Å²) < 4.78 is 5.74. The van der Waals surface area contributed by atoms with Gasteiger partial charge < -0.3 is 0 Å². The van der Waals surface area contributed by atoms with Crippen LogP contribution in [0, 0.1) is 0 Å². The van der Waals surface area contributed by atoms with Gasteiger partial charge in [0, 0.05) is 10.2 Å². The van der Waals surface area contributed by atoms with E-state index in [1.807, 2.05) is 35.7 Å². The first-order valence-electron chi connectivity index (χ1n) is 6.87. The Morgan fingerprint density at radius 1 is 1.00 bits per heavy atom. The summed E-state index contributed by atoms with van der Waals surface area (Å²) in [6.07, 6.45) is 0. The molecule has 0 aliphatic rings. The third-order valence-electron chi connectivity index (χ3n) is 3.17. The van der Waals surface area contributed by atoms with Gasteiger partial charge >= 0.3 is 0 Å². The number of thiophene rings is 1. The summed E-state index contributed by atoms with van der Waals surface area (Å²) >= 11 is 15.1. The highest BCUT2D eigenvalue weighted by atomic mass is 79.9. The van der Waals surface area contributed by atoms with Gasteiger partial charge in [-0.3, -0.25) is 4.57 Å². The van der Waals surface area contributed by atoms with E-state index in [-0.39, 0.29) is 0 Å². The van der Waals surface area contributed by atoms with Gasteiger partial charge in [-0.15, -0.1) is 21.5 Å². The smallest absolute Gasteiger partial charge is 0.203 e. The fraction of sp³-hybridized carbons (Fsp3) is 0. The molecule has 3 heterocycles. The zero-order valence-corrected chi connectivity index (χ0v) is 19.4. The highest BCUT2D eigenvalue weighted by molar-refractivity contribution is 9.13. The molecule has 0 aliphatic carbocycles. The van der Waals surface area contributed by atoms with Crippen LogP contribution >= 0.6 is 82.2 Å². The van der Waals surface area contributed by atoms with Crippen LogP contribution in [0.15, 0.2) is 64.1 Å². The molecule has 25 heavy (non-hydrogen) atoms. The first-order chi connectivity index (χ1) is 12.1. The van der Waals surface area contributed by atoms with E-state index in [9.17, 15) is 0 Å².